The number of rotatable bonds is 10. The van der Waals surface area contributed by atoms with Gasteiger partial charge in [-0.1, -0.05) is 6.92 Å². The Labute approximate surface area is 117 Å². The predicted molar refractivity (Wildman–Crippen MR) is 73.0 cm³/mol. The molecule has 1 atom stereocenters. The van der Waals surface area contributed by atoms with E-state index in [4.69, 9.17) is 9.84 Å². The number of carboxylic acids is 1. The summed E-state index contributed by atoms with van der Waals surface area (Å²) >= 11 is 1.11. The minimum atomic E-state index is -0.900. The van der Waals surface area contributed by atoms with Crippen LogP contribution >= 0.6 is 11.8 Å². The number of carboxylic acid groups (broad SMARTS) is 1. The first-order chi connectivity index (χ1) is 9.01. The largest absolute Gasteiger partial charge is 0.480 e. The van der Waals surface area contributed by atoms with Gasteiger partial charge in [0.1, 0.15) is 5.25 Å². The Morgan fingerprint density at radius 1 is 1.32 bits per heavy atom. The van der Waals surface area contributed by atoms with E-state index >= 15 is 0 Å². The van der Waals surface area contributed by atoms with E-state index in [1.54, 1.807) is 13.8 Å². The van der Waals surface area contributed by atoms with Gasteiger partial charge in [0.25, 0.3) is 0 Å². The Balaban J connectivity index is 3.65. The number of thioether (sulfide) groups is 1. The molecule has 0 fully saturated rings. The maximum atomic E-state index is 11.4. The van der Waals surface area contributed by atoms with E-state index in [0.717, 1.165) is 11.8 Å². The molecule has 19 heavy (non-hydrogen) atoms. The highest BCUT2D eigenvalue weighted by atomic mass is 32.2. The lowest BCUT2D eigenvalue weighted by Crippen LogP contribution is -2.28. The minimum absolute atomic E-state index is 0.115. The van der Waals surface area contributed by atoms with Crippen LogP contribution in [0.15, 0.2) is 0 Å². The minimum Gasteiger partial charge on any atom is -0.480 e. The molecule has 0 aliphatic carbocycles. The predicted octanol–water partition coefficient (Wildman–Crippen LogP) is 1.04. The van der Waals surface area contributed by atoms with Crippen molar-refractivity contribution in [2.75, 3.05) is 18.9 Å². The van der Waals surface area contributed by atoms with E-state index in [0.29, 0.717) is 26.0 Å². The molecule has 0 saturated heterocycles. The SMILES string of the molecule is CCOC(=O)CCCNC(=O)CSC(CC)C(=O)O. The zero-order chi connectivity index (χ0) is 14.7. The average molecular weight is 291 g/mol. The molecule has 6 nitrogen and oxygen atoms in total. The van der Waals surface area contributed by atoms with Crippen LogP contribution in [0.4, 0.5) is 0 Å². The van der Waals surface area contributed by atoms with Crippen molar-refractivity contribution < 1.29 is 24.2 Å². The summed E-state index contributed by atoms with van der Waals surface area (Å²) in [6.45, 7) is 4.25. The van der Waals surface area contributed by atoms with Crippen molar-refractivity contribution in [1.82, 2.24) is 5.32 Å². The molecule has 0 aliphatic heterocycles. The normalized spacial score (nSPS) is 11.7. The lowest BCUT2D eigenvalue weighted by atomic mass is 10.3. The number of esters is 1. The van der Waals surface area contributed by atoms with Crippen LogP contribution in [-0.4, -0.2) is 47.1 Å². The summed E-state index contributed by atoms with van der Waals surface area (Å²) in [6, 6.07) is 0. The van der Waals surface area contributed by atoms with Gasteiger partial charge in [-0.25, -0.2) is 0 Å². The van der Waals surface area contributed by atoms with Crippen molar-refractivity contribution in [3.63, 3.8) is 0 Å². The van der Waals surface area contributed by atoms with Gasteiger partial charge >= 0.3 is 11.9 Å². The standard InChI is InChI=1S/C12H21NO5S/c1-3-9(12(16)17)19-8-10(14)13-7-5-6-11(15)18-4-2/h9H,3-8H2,1-2H3,(H,13,14)(H,16,17). The first-order valence-corrected chi connectivity index (χ1v) is 7.32. The second-order valence-corrected chi connectivity index (χ2v) is 5.00. The summed E-state index contributed by atoms with van der Waals surface area (Å²) in [5.74, 6) is -1.27. The molecule has 7 heteroatoms. The second-order valence-electron chi connectivity index (χ2n) is 3.80. The molecule has 0 aromatic carbocycles. The quantitative estimate of drug-likeness (QED) is 0.461. The van der Waals surface area contributed by atoms with E-state index in [2.05, 4.69) is 5.32 Å². The molecule has 0 saturated carbocycles. The van der Waals surface area contributed by atoms with Crippen molar-refractivity contribution in [2.45, 2.75) is 38.4 Å². The average Bonchev–Trinajstić information content (AvgIpc) is 2.35. The third-order valence-corrected chi connectivity index (χ3v) is 3.61. The highest BCUT2D eigenvalue weighted by molar-refractivity contribution is 8.01. The Kier molecular flexibility index (Phi) is 9.97. The molecule has 0 aromatic heterocycles. The summed E-state index contributed by atoms with van der Waals surface area (Å²) in [4.78, 5) is 33.2. The lowest BCUT2D eigenvalue weighted by molar-refractivity contribution is -0.143. The van der Waals surface area contributed by atoms with Crippen LogP contribution in [-0.2, 0) is 19.1 Å². The first kappa shape index (κ1) is 17.8. The second kappa shape index (κ2) is 10.7. The molecule has 0 spiro atoms. The van der Waals surface area contributed by atoms with Gasteiger partial charge in [-0.3, -0.25) is 14.4 Å². The summed E-state index contributed by atoms with van der Waals surface area (Å²) in [6.07, 6.45) is 1.27. The van der Waals surface area contributed by atoms with Crippen molar-refractivity contribution in [3.8, 4) is 0 Å². The van der Waals surface area contributed by atoms with Gasteiger partial charge in [-0.2, -0.15) is 0 Å². The maximum Gasteiger partial charge on any atom is 0.316 e. The van der Waals surface area contributed by atoms with Crippen LogP contribution in [0.25, 0.3) is 0 Å². The fourth-order valence-electron chi connectivity index (χ4n) is 1.28. The van der Waals surface area contributed by atoms with Crippen molar-refractivity contribution in [3.05, 3.63) is 0 Å². The monoisotopic (exact) mass is 291 g/mol. The molecular weight excluding hydrogens is 270 g/mol. The topological polar surface area (TPSA) is 92.7 Å². The Morgan fingerprint density at radius 2 is 2.00 bits per heavy atom. The molecule has 0 radical (unpaired) electrons. The number of carbonyl (C=O) groups excluding carboxylic acids is 2. The third-order valence-electron chi connectivity index (χ3n) is 2.25. The molecule has 0 heterocycles. The summed E-state index contributed by atoms with van der Waals surface area (Å²) in [5, 5.41) is 10.9. The van der Waals surface area contributed by atoms with Crippen LogP contribution in [0.5, 0.6) is 0 Å². The Hall–Kier alpha value is -1.24. The number of hydrogen-bond donors (Lipinski definition) is 2. The molecule has 1 amide bonds. The van der Waals surface area contributed by atoms with Gasteiger partial charge in [0.15, 0.2) is 0 Å². The van der Waals surface area contributed by atoms with Gasteiger partial charge < -0.3 is 15.2 Å². The van der Waals surface area contributed by atoms with Gasteiger partial charge in [-0.15, -0.1) is 11.8 Å². The Morgan fingerprint density at radius 3 is 2.53 bits per heavy atom. The van der Waals surface area contributed by atoms with Crippen LogP contribution in [0.2, 0.25) is 0 Å². The zero-order valence-corrected chi connectivity index (χ0v) is 12.1. The van der Waals surface area contributed by atoms with Crippen molar-refractivity contribution >= 4 is 29.6 Å². The van der Waals surface area contributed by atoms with Gasteiger partial charge in [0.2, 0.25) is 5.91 Å². The van der Waals surface area contributed by atoms with Crippen LogP contribution < -0.4 is 5.32 Å². The van der Waals surface area contributed by atoms with Crippen LogP contribution in [0.3, 0.4) is 0 Å². The fourth-order valence-corrected chi connectivity index (χ4v) is 2.12. The highest BCUT2D eigenvalue weighted by Gasteiger charge is 2.16. The lowest BCUT2D eigenvalue weighted by Gasteiger charge is -2.09. The molecule has 0 aromatic rings. The summed E-state index contributed by atoms with van der Waals surface area (Å²) < 4.78 is 4.75. The number of aliphatic carboxylic acids is 1. The highest BCUT2D eigenvalue weighted by Crippen LogP contribution is 2.14. The molecule has 0 bridgehead atoms. The van der Waals surface area contributed by atoms with E-state index in [-0.39, 0.29) is 24.1 Å². The van der Waals surface area contributed by atoms with Crippen molar-refractivity contribution in [1.29, 1.82) is 0 Å². The molecule has 2 N–H and O–H groups in total. The van der Waals surface area contributed by atoms with E-state index in [1.165, 1.54) is 0 Å². The van der Waals surface area contributed by atoms with E-state index < -0.39 is 11.2 Å². The number of carbonyl (C=O) groups is 3. The molecule has 1 unspecified atom stereocenters. The smallest absolute Gasteiger partial charge is 0.316 e. The summed E-state index contributed by atoms with van der Waals surface area (Å²) in [7, 11) is 0. The number of nitrogens with one attached hydrogen (secondary N) is 1. The molecule has 110 valence electrons. The molecular formula is C12H21NO5S. The summed E-state index contributed by atoms with van der Waals surface area (Å²) in [5.41, 5.74) is 0. The molecule has 0 rings (SSSR count). The van der Waals surface area contributed by atoms with Crippen LogP contribution in [0, 0.1) is 0 Å². The Bertz CT molecular complexity index is 308. The van der Waals surface area contributed by atoms with Gasteiger partial charge in [0.05, 0.1) is 12.4 Å². The van der Waals surface area contributed by atoms with E-state index in [9.17, 15) is 14.4 Å². The van der Waals surface area contributed by atoms with E-state index in [1.807, 2.05) is 0 Å². The third kappa shape index (κ3) is 9.35. The maximum absolute atomic E-state index is 11.4. The number of hydrogen-bond acceptors (Lipinski definition) is 5. The zero-order valence-electron chi connectivity index (χ0n) is 11.3. The van der Waals surface area contributed by atoms with Gasteiger partial charge in [-0.05, 0) is 19.8 Å². The first-order valence-electron chi connectivity index (χ1n) is 6.27. The van der Waals surface area contributed by atoms with Crippen molar-refractivity contribution in [2.24, 2.45) is 0 Å². The van der Waals surface area contributed by atoms with Crippen LogP contribution in [0.1, 0.15) is 33.1 Å². The number of ether oxygens (including phenoxy) is 1. The fraction of sp³-hybridized carbons (Fsp3) is 0.750. The molecule has 0 aliphatic rings. The number of amides is 1. The van der Waals surface area contributed by atoms with Gasteiger partial charge in [0, 0.05) is 13.0 Å².